The first-order valence-corrected chi connectivity index (χ1v) is 6.75. The number of nitrogens with one attached hydrogen (secondary N) is 1. The van der Waals surface area contributed by atoms with Crippen molar-refractivity contribution in [2.24, 2.45) is 5.92 Å². The number of halogens is 3. The van der Waals surface area contributed by atoms with Gasteiger partial charge in [-0.1, -0.05) is 20.3 Å². The summed E-state index contributed by atoms with van der Waals surface area (Å²) in [6.07, 6.45) is 0.552. The third-order valence-electron chi connectivity index (χ3n) is 3.02. The molecule has 1 amide bonds. The van der Waals surface area contributed by atoms with Gasteiger partial charge < -0.3 is 10.4 Å². The van der Waals surface area contributed by atoms with E-state index in [0.717, 1.165) is 12.1 Å². The standard InChI is InChI=1S/C13H14BrF2NO3/c1-3-6(2)11(13(19)20)17-12(18)7-4-9(15)10(16)5-8(7)14/h4-6,11H,3H2,1-2H3,(H,17,18)(H,19,20)/t6-,11-/m0/s1. The fourth-order valence-corrected chi connectivity index (χ4v) is 2.09. The van der Waals surface area contributed by atoms with Crippen molar-refractivity contribution in [3.05, 3.63) is 33.8 Å². The van der Waals surface area contributed by atoms with Crippen LogP contribution in [0.15, 0.2) is 16.6 Å². The van der Waals surface area contributed by atoms with Crippen LogP contribution in [0, 0.1) is 17.6 Å². The fourth-order valence-electron chi connectivity index (χ4n) is 1.60. The summed E-state index contributed by atoms with van der Waals surface area (Å²) in [4.78, 5) is 23.1. The normalized spacial score (nSPS) is 13.7. The molecule has 1 aromatic carbocycles. The topological polar surface area (TPSA) is 66.4 Å². The molecule has 0 saturated heterocycles. The number of aliphatic carboxylic acids is 1. The van der Waals surface area contributed by atoms with E-state index in [1.165, 1.54) is 0 Å². The van der Waals surface area contributed by atoms with Crippen LogP contribution in [0.5, 0.6) is 0 Å². The highest BCUT2D eigenvalue weighted by atomic mass is 79.9. The summed E-state index contributed by atoms with van der Waals surface area (Å²) in [6.45, 7) is 3.47. The molecule has 1 rings (SSSR count). The smallest absolute Gasteiger partial charge is 0.326 e. The number of hydrogen-bond donors (Lipinski definition) is 2. The summed E-state index contributed by atoms with van der Waals surface area (Å²) in [5.74, 6) is -4.51. The maximum atomic E-state index is 13.1. The Kier molecular flexibility index (Phi) is 5.62. The molecule has 2 atom stereocenters. The highest BCUT2D eigenvalue weighted by molar-refractivity contribution is 9.10. The minimum atomic E-state index is -1.17. The van der Waals surface area contributed by atoms with Gasteiger partial charge in [-0.05, 0) is 34.0 Å². The molecule has 4 nitrogen and oxygen atoms in total. The Bertz CT molecular complexity index is 537. The van der Waals surface area contributed by atoms with Crippen LogP contribution in [-0.2, 0) is 4.79 Å². The Morgan fingerprint density at radius 1 is 1.35 bits per heavy atom. The maximum Gasteiger partial charge on any atom is 0.326 e. The van der Waals surface area contributed by atoms with Crippen LogP contribution in [0.1, 0.15) is 30.6 Å². The molecule has 0 aromatic heterocycles. The lowest BCUT2D eigenvalue weighted by molar-refractivity contribution is -0.140. The monoisotopic (exact) mass is 349 g/mol. The van der Waals surface area contributed by atoms with Gasteiger partial charge in [-0.25, -0.2) is 13.6 Å². The van der Waals surface area contributed by atoms with Gasteiger partial charge in [0.25, 0.3) is 5.91 Å². The zero-order valence-corrected chi connectivity index (χ0v) is 12.5. The number of carboxylic acids is 1. The van der Waals surface area contributed by atoms with Gasteiger partial charge in [0.2, 0.25) is 0 Å². The Hall–Kier alpha value is -1.50. The first kappa shape index (κ1) is 16.6. The van der Waals surface area contributed by atoms with Gasteiger partial charge in [0.05, 0.1) is 5.56 Å². The summed E-state index contributed by atoms with van der Waals surface area (Å²) >= 11 is 2.95. The van der Waals surface area contributed by atoms with E-state index in [1.54, 1.807) is 13.8 Å². The maximum absolute atomic E-state index is 13.1. The highest BCUT2D eigenvalue weighted by Crippen LogP contribution is 2.21. The lowest BCUT2D eigenvalue weighted by Gasteiger charge is -2.20. The minimum Gasteiger partial charge on any atom is -0.480 e. The number of carboxylic acid groups (broad SMARTS) is 1. The van der Waals surface area contributed by atoms with Gasteiger partial charge in [0.1, 0.15) is 6.04 Å². The van der Waals surface area contributed by atoms with E-state index in [2.05, 4.69) is 21.2 Å². The van der Waals surface area contributed by atoms with Crippen LogP contribution in [0.3, 0.4) is 0 Å². The molecule has 0 heterocycles. The average molecular weight is 350 g/mol. The Balaban J connectivity index is 3.01. The number of rotatable bonds is 5. The summed E-state index contributed by atoms with van der Waals surface area (Å²) < 4.78 is 26.2. The Morgan fingerprint density at radius 3 is 2.40 bits per heavy atom. The summed E-state index contributed by atoms with van der Waals surface area (Å²) in [5.41, 5.74) is -0.154. The molecule has 0 spiro atoms. The lowest BCUT2D eigenvalue weighted by atomic mass is 9.99. The summed E-state index contributed by atoms with van der Waals surface area (Å²) in [6, 6.07) is 0.459. The minimum absolute atomic E-state index is 0.0576. The molecule has 110 valence electrons. The van der Waals surface area contributed by atoms with Crippen molar-refractivity contribution < 1.29 is 23.5 Å². The summed E-state index contributed by atoms with van der Waals surface area (Å²) in [7, 11) is 0. The van der Waals surface area contributed by atoms with Gasteiger partial charge in [-0.2, -0.15) is 0 Å². The number of carbonyl (C=O) groups excluding carboxylic acids is 1. The molecule has 0 radical (unpaired) electrons. The van der Waals surface area contributed by atoms with Crippen molar-refractivity contribution in [2.45, 2.75) is 26.3 Å². The third kappa shape index (κ3) is 3.75. The molecule has 0 unspecified atom stereocenters. The molecule has 0 fully saturated rings. The first-order chi connectivity index (χ1) is 9.27. The van der Waals surface area contributed by atoms with E-state index >= 15 is 0 Å². The van der Waals surface area contributed by atoms with Gasteiger partial charge in [0, 0.05) is 4.47 Å². The van der Waals surface area contributed by atoms with E-state index < -0.39 is 29.6 Å². The quantitative estimate of drug-likeness (QED) is 0.803. The second-order valence-electron chi connectivity index (χ2n) is 4.42. The molecule has 2 N–H and O–H groups in total. The van der Waals surface area contributed by atoms with Crippen LogP contribution in [0.4, 0.5) is 8.78 Å². The number of hydrogen-bond acceptors (Lipinski definition) is 2. The van der Waals surface area contributed by atoms with E-state index in [-0.39, 0.29) is 16.0 Å². The van der Waals surface area contributed by atoms with Gasteiger partial charge in [-0.3, -0.25) is 4.79 Å². The molecule has 0 aliphatic heterocycles. The number of benzene rings is 1. The van der Waals surface area contributed by atoms with Crippen LogP contribution in [0.25, 0.3) is 0 Å². The van der Waals surface area contributed by atoms with Crippen LogP contribution < -0.4 is 5.32 Å². The van der Waals surface area contributed by atoms with E-state index in [0.29, 0.717) is 6.42 Å². The van der Waals surface area contributed by atoms with Crippen LogP contribution in [0.2, 0.25) is 0 Å². The van der Waals surface area contributed by atoms with E-state index in [4.69, 9.17) is 5.11 Å². The zero-order chi connectivity index (χ0) is 15.4. The molecule has 20 heavy (non-hydrogen) atoms. The van der Waals surface area contributed by atoms with Crippen molar-refractivity contribution in [1.29, 1.82) is 0 Å². The molecular weight excluding hydrogens is 336 g/mol. The lowest BCUT2D eigenvalue weighted by Crippen LogP contribution is -2.45. The second-order valence-corrected chi connectivity index (χ2v) is 5.28. The van der Waals surface area contributed by atoms with Gasteiger partial charge in [0.15, 0.2) is 11.6 Å². The number of amides is 1. The molecule has 0 bridgehead atoms. The largest absolute Gasteiger partial charge is 0.480 e. The van der Waals surface area contributed by atoms with Crippen molar-refractivity contribution in [3.63, 3.8) is 0 Å². The fraction of sp³-hybridized carbons (Fsp3) is 0.385. The predicted octanol–water partition coefficient (Wildman–Crippen LogP) is 2.96. The first-order valence-electron chi connectivity index (χ1n) is 5.96. The second kappa shape index (κ2) is 6.78. The Labute approximate surface area is 123 Å². The van der Waals surface area contributed by atoms with Crippen LogP contribution >= 0.6 is 15.9 Å². The Morgan fingerprint density at radius 2 is 1.90 bits per heavy atom. The molecule has 0 aliphatic rings. The zero-order valence-electron chi connectivity index (χ0n) is 10.9. The van der Waals surface area contributed by atoms with Crippen LogP contribution in [-0.4, -0.2) is 23.0 Å². The SMILES string of the molecule is CC[C@H](C)[C@H](NC(=O)c1cc(F)c(F)cc1Br)C(=O)O. The molecule has 0 saturated carbocycles. The third-order valence-corrected chi connectivity index (χ3v) is 3.68. The number of carbonyl (C=O) groups is 2. The van der Waals surface area contributed by atoms with Crippen molar-refractivity contribution in [1.82, 2.24) is 5.32 Å². The van der Waals surface area contributed by atoms with Crippen molar-refractivity contribution in [3.8, 4) is 0 Å². The van der Waals surface area contributed by atoms with E-state index in [9.17, 15) is 18.4 Å². The molecule has 0 aliphatic carbocycles. The van der Waals surface area contributed by atoms with Gasteiger partial charge >= 0.3 is 5.97 Å². The van der Waals surface area contributed by atoms with Crippen molar-refractivity contribution >= 4 is 27.8 Å². The average Bonchev–Trinajstić information content (AvgIpc) is 2.38. The molecule has 7 heteroatoms. The summed E-state index contributed by atoms with van der Waals surface area (Å²) in [5, 5.41) is 11.4. The molecular formula is C13H14BrF2NO3. The van der Waals surface area contributed by atoms with E-state index in [1.807, 2.05) is 0 Å². The molecule has 1 aromatic rings. The van der Waals surface area contributed by atoms with Crippen molar-refractivity contribution in [2.75, 3.05) is 0 Å². The van der Waals surface area contributed by atoms with Gasteiger partial charge in [-0.15, -0.1) is 0 Å². The predicted molar refractivity (Wildman–Crippen MR) is 72.4 cm³/mol. The highest BCUT2D eigenvalue weighted by Gasteiger charge is 2.26.